The van der Waals surface area contributed by atoms with E-state index in [1.54, 1.807) is 0 Å². The number of phosphoric ester groups is 1. The summed E-state index contributed by atoms with van der Waals surface area (Å²) in [6, 6.07) is 0. The van der Waals surface area contributed by atoms with E-state index in [0.717, 1.165) is 122 Å². The molecule has 0 aliphatic carbocycles. The molecular weight excluding hydrogens is 822 g/mol. The Morgan fingerprint density at radius 3 is 1.28 bits per heavy atom. The molecule has 0 rings (SSSR count). The lowest BCUT2D eigenvalue weighted by molar-refractivity contribution is -0.161. The van der Waals surface area contributed by atoms with Crippen molar-refractivity contribution >= 4 is 19.8 Å². The van der Waals surface area contributed by atoms with Gasteiger partial charge in [-0.1, -0.05) is 186 Å². The van der Waals surface area contributed by atoms with Crippen LogP contribution in [0, 0.1) is 0 Å². The number of rotatable bonds is 43. The Hall–Kier alpha value is -3.85. The van der Waals surface area contributed by atoms with Crippen LogP contribution in [-0.4, -0.2) is 49.3 Å². The van der Waals surface area contributed by atoms with Crippen molar-refractivity contribution in [3.63, 3.8) is 0 Å². The number of ether oxygens (including phenoxy) is 2. The molecule has 10 heteroatoms. The van der Waals surface area contributed by atoms with Gasteiger partial charge in [0, 0.05) is 19.4 Å². The highest BCUT2D eigenvalue weighted by atomic mass is 31.2. The monoisotopic (exact) mass is 908 g/mol. The predicted molar refractivity (Wildman–Crippen MR) is 270 cm³/mol. The maximum atomic E-state index is 12.5. The molecule has 0 aromatic carbocycles. The highest BCUT2D eigenvalue weighted by molar-refractivity contribution is 7.47. The molecule has 0 radical (unpaired) electrons. The van der Waals surface area contributed by atoms with Gasteiger partial charge in [0.1, 0.15) is 6.61 Å². The Bertz CT molecular complexity index is 1500. The summed E-state index contributed by atoms with van der Waals surface area (Å²) in [6.07, 6.45) is 68.3. The molecule has 9 nitrogen and oxygen atoms in total. The van der Waals surface area contributed by atoms with E-state index in [2.05, 4.69) is 148 Å². The molecule has 0 aromatic heterocycles. The van der Waals surface area contributed by atoms with E-state index < -0.39 is 32.5 Å². The summed E-state index contributed by atoms with van der Waals surface area (Å²) in [5, 5.41) is 0. The number of carbonyl (C=O) groups excluding carboxylic acids is 2. The third kappa shape index (κ3) is 47.6. The van der Waals surface area contributed by atoms with E-state index in [9.17, 15) is 19.0 Å². The van der Waals surface area contributed by atoms with Crippen LogP contribution < -0.4 is 5.73 Å². The van der Waals surface area contributed by atoms with Crippen LogP contribution in [0.2, 0.25) is 0 Å². The van der Waals surface area contributed by atoms with Gasteiger partial charge < -0.3 is 20.1 Å². The summed E-state index contributed by atoms with van der Waals surface area (Å²) < 4.78 is 32.6. The van der Waals surface area contributed by atoms with Gasteiger partial charge in [-0.15, -0.1) is 0 Å². The molecule has 0 saturated carbocycles. The summed E-state index contributed by atoms with van der Waals surface area (Å²) in [7, 11) is -4.39. The van der Waals surface area contributed by atoms with E-state index >= 15 is 0 Å². The fraction of sp³-hybridized carbons (Fsp3) is 0.556. The van der Waals surface area contributed by atoms with E-state index in [1.165, 1.54) is 6.42 Å². The van der Waals surface area contributed by atoms with Crippen molar-refractivity contribution < 1.29 is 37.6 Å². The standard InChI is InChI=1S/C54H86NO8P/c1-3-5-7-9-11-12-13-14-15-16-17-18-19-20-21-22-23-24-25-26-27-28-29-30-31-32-33-34-35-36-37-38-39-40-41-43-45-47-54(57)63-52(51-62-64(58,59)61-49-48-55)50-60-53(56)46-44-42-10-8-6-4-2/h5,7,11-12,14-15,17-18,20-21,23-24,26-27,29-30,32-33,35-36,38-39,52H,3-4,6,8-10,13,16,19,22,25,28,31,34,37,40-51,55H2,1-2H3,(H,58,59)/b7-5-,12-11-,15-14-,18-17-,21-20-,24-23-,27-26-,30-29-,33-32-,36-35-,39-38-. The molecule has 0 amide bonds. The summed E-state index contributed by atoms with van der Waals surface area (Å²) in [4.78, 5) is 34.6. The van der Waals surface area contributed by atoms with Crippen molar-refractivity contribution in [2.45, 2.75) is 168 Å². The quantitative estimate of drug-likeness (QED) is 0.0265. The van der Waals surface area contributed by atoms with Crippen LogP contribution >= 0.6 is 7.82 Å². The number of hydrogen-bond acceptors (Lipinski definition) is 8. The Morgan fingerprint density at radius 2 is 0.859 bits per heavy atom. The first-order valence-electron chi connectivity index (χ1n) is 24.2. The third-order valence-corrected chi connectivity index (χ3v) is 10.3. The Labute approximate surface area is 389 Å². The zero-order chi connectivity index (χ0) is 46.7. The normalized spacial score (nSPS) is 14.4. The molecule has 0 bridgehead atoms. The third-order valence-electron chi connectivity index (χ3n) is 9.30. The summed E-state index contributed by atoms with van der Waals surface area (Å²) in [6.45, 7) is 3.47. The molecular formula is C54H86NO8P. The molecule has 0 fully saturated rings. The number of phosphoric acid groups is 1. The van der Waals surface area contributed by atoms with Crippen molar-refractivity contribution in [2.24, 2.45) is 5.73 Å². The molecule has 2 unspecified atom stereocenters. The van der Waals surface area contributed by atoms with E-state index in [0.29, 0.717) is 6.42 Å². The number of unbranched alkanes of at least 4 members (excludes halogenated alkanes) is 8. The Morgan fingerprint density at radius 1 is 0.484 bits per heavy atom. The van der Waals surface area contributed by atoms with Crippen LogP contribution in [0.4, 0.5) is 0 Å². The van der Waals surface area contributed by atoms with Crippen molar-refractivity contribution in [2.75, 3.05) is 26.4 Å². The van der Waals surface area contributed by atoms with Gasteiger partial charge in [0.2, 0.25) is 0 Å². The van der Waals surface area contributed by atoms with E-state index in [1.807, 2.05) is 0 Å². The topological polar surface area (TPSA) is 134 Å². The number of esters is 2. The van der Waals surface area contributed by atoms with Crippen molar-refractivity contribution in [3.05, 3.63) is 134 Å². The second-order valence-electron chi connectivity index (χ2n) is 15.2. The molecule has 0 aromatic rings. The first kappa shape index (κ1) is 60.2. The average molecular weight is 908 g/mol. The molecule has 360 valence electrons. The maximum absolute atomic E-state index is 12.5. The molecule has 2 atom stereocenters. The molecule has 0 saturated heterocycles. The van der Waals surface area contributed by atoms with Crippen LogP contribution in [0.1, 0.15) is 162 Å². The van der Waals surface area contributed by atoms with Gasteiger partial charge in [0.25, 0.3) is 0 Å². The van der Waals surface area contributed by atoms with Gasteiger partial charge in [0.15, 0.2) is 6.10 Å². The summed E-state index contributed by atoms with van der Waals surface area (Å²) >= 11 is 0. The minimum absolute atomic E-state index is 0.0410. The molecule has 0 aliphatic rings. The highest BCUT2D eigenvalue weighted by Gasteiger charge is 2.26. The summed E-state index contributed by atoms with van der Waals surface area (Å²) in [5.41, 5.74) is 5.33. The highest BCUT2D eigenvalue weighted by Crippen LogP contribution is 2.43. The molecule has 0 heterocycles. The van der Waals surface area contributed by atoms with Gasteiger partial charge in [-0.05, 0) is 96.3 Å². The molecule has 0 spiro atoms. The van der Waals surface area contributed by atoms with Crippen molar-refractivity contribution in [3.8, 4) is 0 Å². The van der Waals surface area contributed by atoms with Crippen LogP contribution in [0.15, 0.2) is 134 Å². The van der Waals surface area contributed by atoms with Crippen LogP contribution in [0.5, 0.6) is 0 Å². The zero-order valence-corrected chi connectivity index (χ0v) is 40.6. The van der Waals surface area contributed by atoms with Crippen LogP contribution in [0.25, 0.3) is 0 Å². The lowest BCUT2D eigenvalue weighted by Gasteiger charge is -2.19. The van der Waals surface area contributed by atoms with Crippen molar-refractivity contribution in [1.29, 1.82) is 0 Å². The average Bonchev–Trinajstić information content (AvgIpc) is 3.28. The summed E-state index contributed by atoms with van der Waals surface area (Å²) in [5.74, 6) is -0.891. The number of nitrogens with two attached hydrogens (primary N) is 1. The Kier molecular flexibility index (Phi) is 45.7. The first-order valence-corrected chi connectivity index (χ1v) is 25.7. The fourth-order valence-corrected chi connectivity index (χ4v) is 6.52. The van der Waals surface area contributed by atoms with E-state index in [4.69, 9.17) is 24.3 Å². The van der Waals surface area contributed by atoms with Crippen LogP contribution in [-0.2, 0) is 32.7 Å². The SMILES string of the molecule is CC/C=C\C/C=C\C/C=C\C/C=C\C/C=C\C/C=C\C/C=C\C/C=C\C/C=C\C/C=C\C/C=C\CCCCCC(=O)OC(COC(=O)CCCCCCCC)COP(=O)(O)OCCN. The fourth-order valence-electron chi connectivity index (χ4n) is 5.75. The van der Waals surface area contributed by atoms with Gasteiger partial charge in [-0.2, -0.15) is 0 Å². The minimum Gasteiger partial charge on any atom is -0.462 e. The van der Waals surface area contributed by atoms with Gasteiger partial charge in [-0.25, -0.2) is 4.57 Å². The van der Waals surface area contributed by atoms with Crippen molar-refractivity contribution in [1.82, 2.24) is 0 Å². The van der Waals surface area contributed by atoms with E-state index in [-0.39, 0.29) is 32.6 Å². The van der Waals surface area contributed by atoms with Gasteiger partial charge in [-0.3, -0.25) is 18.6 Å². The molecule has 64 heavy (non-hydrogen) atoms. The molecule has 3 N–H and O–H groups in total. The molecule has 0 aliphatic heterocycles. The maximum Gasteiger partial charge on any atom is 0.472 e. The largest absolute Gasteiger partial charge is 0.472 e. The second kappa shape index (κ2) is 48.6. The smallest absolute Gasteiger partial charge is 0.462 e. The van der Waals surface area contributed by atoms with Gasteiger partial charge in [0.05, 0.1) is 13.2 Å². The number of carbonyl (C=O) groups is 2. The zero-order valence-electron chi connectivity index (χ0n) is 39.7. The lowest BCUT2D eigenvalue weighted by atomic mass is 10.1. The first-order chi connectivity index (χ1) is 31.3. The number of hydrogen-bond donors (Lipinski definition) is 2. The van der Waals surface area contributed by atoms with Crippen LogP contribution in [0.3, 0.4) is 0 Å². The lowest BCUT2D eigenvalue weighted by Crippen LogP contribution is -2.29. The van der Waals surface area contributed by atoms with Gasteiger partial charge >= 0.3 is 19.8 Å². The predicted octanol–water partition coefficient (Wildman–Crippen LogP) is 14.7. The second-order valence-corrected chi connectivity index (χ2v) is 16.7. The number of allylic oxidation sites excluding steroid dienone is 22. The Balaban J connectivity index is 4.04. The minimum atomic E-state index is -4.39.